The monoisotopic (exact) mass is 374 g/mol. The molecule has 6 nitrogen and oxygen atoms in total. The maximum atomic E-state index is 12.9. The summed E-state index contributed by atoms with van der Waals surface area (Å²) in [5.74, 6) is -0.975. The minimum atomic E-state index is -0.799. The second kappa shape index (κ2) is 6.81. The van der Waals surface area contributed by atoms with E-state index in [1.165, 1.54) is 4.90 Å². The van der Waals surface area contributed by atoms with Crippen LogP contribution in [0.4, 0.5) is 5.82 Å². The fourth-order valence-corrected chi connectivity index (χ4v) is 3.35. The van der Waals surface area contributed by atoms with Crippen molar-refractivity contribution >= 4 is 23.3 Å². The van der Waals surface area contributed by atoms with E-state index in [0.29, 0.717) is 16.9 Å². The van der Waals surface area contributed by atoms with Gasteiger partial charge in [-0.05, 0) is 19.4 Å². The lowest BCUT2D eigenvalue weighted by Gasteiger charge is -2.22. The van der Waals surface area contributed by atoms with Crippen LogP contribution >= 0.6 is 0 Å². The Balaban J connectivity index is 1.93. The quantitative estimate of drug-likeness (QED) is 0.427. The molecule has 140 valence electrons. The minimum absolute atomic E-state index is 0.0284. The summed E-state index contributed by atoms with van der Waals surface area (Å²) in [7, 11) is 0. The fourth-order valence-electron chi connectivity index (χ4n) is 3.35. The van der Waals surface area contributed by atoms with Gasteiger partial charge in [0.05, 0.1) is 11.6 Å². The fraction of sp³-hybridized carbons (Fsp3) is 0.136. The molecule has 4 rings (SSSR count). The molecular weight excluding hydrogens is 356 g/mol. The van der Waals surface area contributed by atoms with E-state index in [9.17, 15) is 14.7 Å². The second-order valence-corrected chi connectivity index (χ2v) is 6.74. The van der Waals surface area contributed by atoms with E-state index < -0.39 is 17.7 Å². The number of aromatic nitrogens is 1. The lowest BCUT2D eigenvalue weighted by molar-refractivity contribution is -0.132. The molecule has 1 atom stereocenters. The van der Waals surface area contributed by atoms with Crippen molar-refractivity contribution < 1.29 is 19.2 Å². The number of carbonyl (C=O) groups excluding carboxylic acids is 2. The number of Topliss-reactive ketones (excluding diaryl/α,β-unsaturated/α-hetero) is 1. The van der Waals surface area contributed by atoms with Crippen molar-refractivity contribution in [1.82, 2.24) is 5.16 Å². The van der Waals surface area contributed by atoms with Crippen molar-refractivity contribution in [3.63, 3.8) is 0 Å². The van der Waals surface area contributed by atoms with Gasteiger partial charge in [0.2, 0.25) is 0 Å². The van der Waals surface area contributed by atoms with Crippen LogP contribution in [0.3, 0.4) is 0 Å². The Hall–Kier alpha value is -3.67. The Morgan fingerprint density at radius 2 is 1.71 bits per heavy atom. The van der Waals surface area contributed by atoms with Crippen LogP contribution < -0.4 is 4.90 Å². The van der Waals surface area contributed by atoms with Gasteiger partial charge >= 0.3 is 5.91 Å². The number of hydrogen-bond donors (Lipinski definition) is 1. The number of nitrogens with zero attached hydrogens (tertiary/aromatic N) is 2. The number of amides is 1. The molecule has 6 heteroatoms. The molecule has 0 saturated carbocycles. The summed E-state index contributed by atoms with van der Waals surface area (Å²) in [6.07, 6.45) is 0. The molecule has 2 aromatic carbocycles. The number of rotatable bonds is 3. The topological polar surface area (TPSA) is 83.6 Å². The average Bonchev–Trinajstić information content (AvgIpc) is 3.24. The molecule has 1 fully saturated rings. The van der Waals surface area contributed by atoms with Gasteiger partial charge < -0.3 is 9.63 Å². The van der Waals surface area contributed by atoms with Gasteiger partial charge in [-0.15, -0.1) is 0 Å². The third-order valence-electron chi connectivity index (χ3n) is 4.75. The largest absolute Gasteiger partial charge is 0.507 e. The van der Waals surface area contributed by atoms with Crippen LogP contribution in [0.25, 0.3) is 5.76 Å². The van der Waals surface area contributed by atoms with Gasteiger partial charge in [-0.25, -0.2) is 0 Å². The maximum Gasteiger partial charge on any atom is 0.301 e. The lowest BCUT2D eigenvalue weighted by Crippen LogP contribution is -2.29. The van der Waals surface area contributed by atoms with E-state index in [-0.39, 0.29) is 17.2 Å². The molecule has 1 aliphatic heterocycles. The van der Waals surface area contributed by atoms with Crippen LogP contribution in [-0.4, -0.2) is 22.0 Å². The SMILES string of the molecule is Cc1ccc(/C(O)=C2\C(=O)C(=O)N(c3cc(C)on3)[C@H]2c2ccccc2)cc1. The van der Waals surface area contributed by atoms with Crippen LogP contribution in [0.5, 0.6) is 0 Å². The maximum absolute atomic E-state index is 12.9. The van der Waals surface area contributed by atoms with Gasteiger partial charge in [0.25, 0.3) is 5.78 Å². The third-order valence-corrected chi connectivity index (χ3v) is 4.75. The van der Waals surface area contributed by atoms with Gasteiger partial charge in [0, 0.05) is 11.6 Å². The molecule has 1 saturated heterocycles. The van der Waals surface area contributed by atoms with Crippen LogP contribution in [0.15, 0.2) is 70.8 Å². The Bertz CT molecular complexity index is 1080. The smallest absolute Gasteiger partial charge is 0.301 e. The first-order valence-electron chi connectivity index (χ1n) is 8.83. The van der Waals surface area contributed by atoms with E-state index in [2.05, 4.69) is 5.16 Å². The number of aliphatic hydroxyl groups is 1. The molecule has 0 radical (unpaired) electrons. The molecule has 1 aromatic heterocycles. The molecule has 28 heavy (non-hydrogen) atoms. The van der Waals surface area contributed by atoms with E-state index >= 15 is 0 Å². The Kier molecular flexibility index (Phi) is 4.31. The second-order valence-electron chi connectivity index (χ2n) is 6.74. The minimum Gasteiger partial charge on any atom is -0.507 e. The first-order chi connectivity index (χ1) is 13.5. The number of hydrogen-bond acceptors (Lipinski definition) is 5. The van der Waals surface area contributed by atoms with Gasteiger partial charge in [-0.2, -0.15) is 0 Å². The number of aliphatic hydroxyl groups excluding tert-OH is 1. The Morgan fingerprint density at radius 1 is 1.04 bits per heavy atom. The lowest BCUT2D eigenvalue weighted by atomic mass is 9.95. The van der Waals surface area contributed by atoms with Gasteiger partial charge in [-0.1, -0.05) is 65.3 Å². The summed E-state index contributed by atoms with van der Waals surface area (Å²) in [4.78, 5) is 27.0. The summed E-state index contributed by atoms with van der Waals surface area (Å²) in [5.41, 5.74) is 2.22. The number of aryl methyl sites for hydroxylation is 2. The summed E-state index contributed by atoms with van der Waals surface area (Å²) >= 11 is 0. The summed E-state index contributed by atoms with van der Waals surface area (Å²) in [5, 5.41) is 14.8. The first-order valence-corrected chi connectivity index (χ1v) is 8.83. The molecular formula is C22H18N2O4. The molecule has 1 N–H and O–H groups in total. The first kappa shape index (κ1) is 17.7. The molecule has 0 aliphatic carbocycles. The third kappa shape index (κ3) is 2.89. The standard InChI is InChI=1S/C22H18N2O4/c1-13-8-10-16(11-9-13)20(25)18-19(15-6-4-3-5-7-15)24(22(27)21(18)26)17-12-14(2)28-23-17/h3-12,19,25H,1-2H3/b20-18+/t19-/m0/s1. The molecule has 0 unspecified atom stereocenters. The molecule has 0 spiro atoms. The van der Waals surface area contributed by atoms with Gasteiger partial charge in [-0.3, -0.25) is 14.5 Å². The Morgan fingerprint density at radius 3 is 2.32 bits per heavy atom. The van der Waals surface area contributed by atoms with Gasteiger partial charge in [0.1, 0.15) is 11.5 Å². The highest BCUT2D eigenvalue weighted by molar-refractivity contribution is 6.51. The van der Waals surface area contributed by atoms with E-state index in [0.717, 1.165) is 5.56 Å². The normalized spacial score (nSPS) is 18.6. The molecule has 2 heterocycles. The zero-order valence-corrected chi connectivity index (χ0v) is 15.4. The van der Waals surface area contributed by atoms with Crippen molar-refractivity contribution in [1.29, 1.82) is 0 Å². The average molecular weight is 374 g/mol. The number of ketones is 1. The Labute approximate surface area is 161 Å². The zero-order valence-electron chi connectivity index (χ0n) is 15.4. The van der Waals surface area contributed by atoms with Crippen molar-refractivity contribution in [3.8, 4) is 0 Å². The highest BCUT2D eigenvalue weighted by Gasteiger charge is 2.48. The number of benzene rings is 2. The van der Waals surface area contributed by atoms with E-state index in [1.807, 2.05) is 37.3 Å². The highest BCUT2D eigenvalue weighted by Crippen LogP contribution is 2.41. The number of carbonyl (C=O) groups is 2. The van der Waals surface area contributed by atoms with Crippen LogP contribution in [0, 0.1) is 13.8 Å². The van der Waals surface area contributed by atoms with Gasteiger partial charge in [0.15, 0.2) is 5.82 Å². The summed E-state index contributed by atoms with van der Waals surface area (Å²) in [6.45, 7) is 3.64. The van der Waals surface area contributed by atoms with Crippen LogP contribution in [0.2, 0.25) is 0 Å². The van der Waals surface area contributed by atoms with Crippen molar-refractivity contribution in [2.24, 2.45) is 0 Å². The molecule has 1 aliphatic rings. The zero-order chi connectivity index (χ0) is 19.8. The van der Waals surface area contributed by atoms with Crippen LogP contribution in [0.1, 0.15) is 28.5 Å². The van der Waals surface area contributed by atoms with Crippen molar-refractivity contribution in [2.75, 3.05) is 4.90 Å². The molecule has 0 bridgehead atoms. The molecule has 3 aromatic rings. The molecule has 1 amide bonds. The van der Waals surface area contributed by atoms with Crippen molar-refractivity contribution in [3.05, 3.63) is 88.7 Å². The van der Waals surface area contributed by atoms with E-state index in [1.54, 1.807) is 37.3 Å². The highest BCUT2D eigenvalue weighted by atomic mass is 16.5. The van der Waals surface area contributed by atoms with E-state index in [4.69, 9.17) is 4.52 Å². The number of anilines is 1. The summed E-state index contributed by atoms with van der Waals surface area (Å²) in [6, 6.07) is 17.0. The predicted molar refractivity (Wildman–Crippen MR) is 104 cm³/mol. The predicted octanol–water partition coefficient (Wildman–Crippen LogP) is 3.92. The van der Waals surface area contributed by atoms with Crippen molar-refractivity contribution in [2.45, 2.75) is 19.9 Å². The summed E-state index contributed by atoms with van der Waals surface area (Å²) < 4.78 is 5.10. The van der Waals surface area contributed by atoms with Crippen LogP contribution in [-0.2, 0) is 9.59 Å².